The smallest absolute Gasteiger partial charge is 0.216 e. The van der Waals surface area contributed by atoms with Crippen molar-refractivity contribution in [3.63, 3.8) is 0 Å². The van der Waals surface area contributed by atoms with E-state index in [-0.39, 0.29) is 12.3 Å². The molecular formula is C12H10N4O. The third-order valence-corrected chi connectivity index (χ3v) is 2.23. The highest BCUT2D eigenvalue weighted by atomic mass is 16.1. The molecule has 2 rings (SSSR count). The lowest BCUT2D eigenvalue weighted by molar-refractivity contribution is 0.0997. The topological polar surface area (TPSA) is 81.6 Å². The second-order valence-corrected chi connectivity index (χ2v) is 3.40. The number of Topliss-reactive ketones (excluding diaryl/α,β-unsaturated/α-hetero) is 1. The number of aromatic amines is 1. The second-order valence-electron chi connectivity index (χ2n) is 3.40. The number of hydrogen-bond donors (Lipinski definition) is 2. The van der Waals surface area contributed by atoms with Crippen molar-refractivity contribution in [2.75, 3.05) is 11.9 Å². The zero-order chi connectivity index (χ0) is 12.1. The molecule has 0 fully saturated rings. The summed E-state index contributed by atoms with van der Waals surface area (Å²) in [7, 11) is 0. The number of aromatic nitrogens is 2. The van der Waals surface area contributed by atoms with Crippen LogP contribution in [0, 0.1) is 11.3 Å². The van der Waals surface area contributed by atoms with Crippen molar-refractivity contribution in [3.8, 4) is 6.07 Å². The molecule has 0 amide bonds. The summed E-state index contributed by atoms with van der Waals surface area (Å²) in [6.07, 6.45) is 3.14. The molecule has 5 heteroatoms. The molecule has 0 bridgehead atoms. The molecule has 0 atom stereocenters. The van der Waals surface area contributed by atoms with Gasteiger partial charge in [0.05, 0.1) is 18.2 Å². The zero-order valence-corrected chi connectivity index (χ0v) is 8.97. The Morgan fingerprint density at radius 1 is 1.41 bits per heavy atom. The molecule has 0 aliphatic rings. The molecule has 1 aromatic heterocycles. The van der Waals surface area contributed by atoms with Crippen molar-refractivity contribution < 1.29 is 4.79 Å². The number of nitrogens with zero attached hydrogens (tertiary/aromatic N) is 2. The maximum atomic E-state index is 11.6. The molecule has 84 valence electrons. The minimum absolute atomic E-state index is 0.112. The minimum Gasteiger partial charge on any atom is -0.377 e. The van der Waals surface area contributed by atoms with Gasteiger partial charge in [-0.05, 0) is 24.3 Å². The van der Waals surface area contributed by atoms with Gasteiger partial charge >= 0.3 is 0 Å². The van der Waals surface area contributed by atoms with Gasteiger partial charge in [0.2, 0.25) is 5.78 Å². The van der Waals surface area contributed by atoms with Gasteiger partial charge in [-0.2, -0.15) is 5.26 Å². The van der Waals surface area contributed by atoms with E-state index in [4.69, 9.17) is 5.26 Å². The molecular weight excluding hydrogens is 216 g/mol. The van der Waals surface area contributed by atoms with Crippen LogP contribution in [-0.4, -0.2) is 22.3 Å². The van der Waals surface area contributed by atoms with E-state index in [9.17, 15) is 4.79 Å². The summed E-state index contributed by atoms with van der Waals surface area (Å²) in [5.74, 6) is 0.227. The number of ketones is 1. The number of nitrogens with one attached hydrogen (secondary N) is 2. The highest BCUT2D eigenvalue weighted by Gasteiger charge is 2.07. The van der Waals surface area contributed by atoms with Crippen LogP contribution in [0.5, 0.6) is 0 Å². The van der Waals surface area contributed by atoms with Gasteiger partial charge in [-0.3, -0.25) is 4.79 Å². The Morgan fingerprint density at radius 3 is 2.76 bits per heavy atom. The Kier molecular flexibility index (Phi) is 3.17. The summed E-state index contributed by atoms with van der Waals surface area (Å²) in [6.45, 7) is 0.166. The maximum absolute atomic E-state index is 11.6. The lowest BCUT2D eigenvalue weighted by atomic mass is 10.2. The van der Waals surface area contributed by atoms with Crippen LogP contribution in [0.4, 0.5) is 5.69 Å². The lowest BCUT2D eigenvalue weighted by Crippen LogP contribution is -2.15. The van der Waals surface area contributed by atoms with Gasteiger partial charge < -0.3 is 10.3 Å². The summed E-state index contributed by atoms with van der Waals surface area (Å²) in [4.78, 5) is 18.2. The number of carbonyl (C=O) groups excluding carboxylic acids is 1. The first kappa shape index (κ1) is 10.9. The van der Waals surface area contributed by atoms with E-state index in [1.54, 1.807) is 30.5 Å². The second kappa shape index (κ2) is 4.94. The first-order chi connectivity index (χ1) is 8.29. The Labute approximate surface area is 98.1 Å². The third kappa shape index (κ3) is 2.69. The van der Waals surface area contributed by atoms with Gasteiger partial charge in [0.1, 0.15) is 0 Å². The largest absolute Gasteiger partial charge is 0.377 e. The van der Waals surface area contributed by atoms with Crippen LogP contribution in [0.15, 0.2) is 36.7 Å². The quantitative estimate of drug-likeness (QED) is 0.775. The Balaban J connectivity index is 1.94. The number of imidazole rings is 1. The number of hydrogen-bond acceptors (Lipinski definition) is 4. The van der Waals surface area contributed by atoms with Crippen LogP contribution in [0.1, 0.15) is 16.2 Å². The van der Waals surface area contributed by atoms with Gasteiger partial charge in [0.15, 0.2) is 5.82 Å². The van der Waals surface area contributed by atoms with Crippen molar-refractivity contribution in [1.29, 1.82) is 5.26 Å². The Hall–Kier alpha value is -2.61. The van der Waals surface area contributed by atoms with E-state index < -0.39 is 0 Å². The number of carbonyl (C=O) groups is 1. The van der Waals surface area contributed by atoms with Gasteiger partial charge in [-0.15, -0.1) is 0 Å². The summed E-state index contributed by atoms with van der Waals surface area (Å²) < 4.78 is 0. The van der Waals surface area contributed by atoms with Crippen molar-refractivity contribution >= 4 is 11.5 Å². The molecule has 0 aliphatic carbocycles. The monoisotopic (exact) mass is 226 g/mol. The normalized spacial score (nSPS) is 9.59. The van der Waals surface area contributed by atoms with Crippen LogP contribution in [0.25, 0.3) is 0 Å². The Morgan fingerprint density at radius 2 is 2.18 bits per heavy atom. The van der Waals surface area contributed by atoms with E-state index in [0.29, 0.717) is 11.4 Å². The number of anilines is 1. The van der Waals surface area contributed by atoms with Gasteiger partial charge in [0.25, 0.3) is 0 Å². The Bertz CT molecular complexity index is 537. The SMILES string of the molecule is N#Cc1ccc(NCC(=O)c2ncc[nH]2)cc1. The molecule has 2 N–H and O–H groups in total. The predicted molar refractivity (Wildman–Crippen MR) is 62.6 cm³/mol. The fourth-order valence-electron chi connectivity index (χ4n) is 1.35. The van der Waals surface area contributed by atoms with Crippen LogP contribution < -0.4 is 5.32 Å². The van der Waals surface area contributed by atoms with Crippen molar-refractivity contribution in [1.82, 2.24) is 9.97 Å². The van der Waals surface area contributed by atoms with Gasteiger partial charge in [0, 0.05) is 18.1 Å². The van der Waals surface area contributed by atoms with Gasteiger partial charge in [-0.25, -0.2) is 4.98 Å². The van der Waals surface area contributed by atoms with E-state index >= 15 is 0 Å². The number of benzene rings is 1. The zero-order valence-electron chi connectivity index (χ0n) is 8.97. The fraction of sp³-hybridized carbons (Fsp3) is 0.0833. The van der Waals surface area contributed by atoms with Crippen LogP contribution in [0.2, 0.25) is 0 Å². The average molecular weight is 226 g/mol. The molecule has 0 saturated heterocycles. The van der Waals surface area contributed by atoms with E-state index in [0.717, 1.165) is 5.69 Å². The standard InChI is InChI=1S/C12H10N4O/c13-7-9-1-3-10(4-2-9)16-8-11(17)12-14-5-6-15-12/h1-6,16H,8H2,(H,14,15). The number of H-pyrrole nitrogens is 1. The lowest BCUT2D eigenvalue weighted by Gasteiger charge is -2.03. The summed E-state index contributed by atoms with van der Waals surface area (Å²) in [5, 5.41) is 11.6. The highest BCUT2D eigenvalue weighted by molar-refractivity contribution is 5.95. The summed E-state index contributed by atoms with van der Waals surface area (Å²) in [6, 6.07) is 8.94. The van der Waals surface area contributed by atoms with Crippen molar-refractivity contribution in [3.05, 3.63) is 48.0 Å². The molecule has 1 heterocycles. The first-order valence-corrected chi connectivity index (χ1v) is 5.06. The summed E-state index contributed by atoms with van der Waals surface area (Å²) in [5.41, 5.74) is 1.39. The van der Waals surface area contributed by atoms with Gasteiger partial charge in [-0.1, -0.05) is 0 Å². The molecule has 2 aromatic rings. The number of rotatable bonds is 4. The predicted octanol–water partition coefficient (Wildman–Crippen LogP) is 1.58. The average Bonchev–Trinajstić information content (AvgIpc) is 2.90. The molecule has 0 spiro atoms. The van der Waals surface area contributed by atoms with Crippen molar-refractivity contribution in [2.24, 2.45) is 0 Å². The highest BCUT2D eigenvalue weighted by Crippen LogP contribution is 2.08. The third-order valence-electron chi connectivity index (χ3n) is 2.23. The molecule has 5 nitrogen and oxygen atoms in total. The van der Waals surface area contributed by atoms with E-state index in [1.807, 2.05) is 6.07 Å². The summed E-state index contributed by atoms with van der Waals surface area (Å²) >= 11 is 0. The van der Waals surface area contributed by atoms with Crippen LogP contribution in [0.3, 0.4) is 0 Å². The molecule has 0 unspecified atom stereocenters. The van der Waals surface area contributed by atoms with E-state index in [2.05, 4.69) is 15.3 Å². The van der Waals surface area contributed by atoms with Crippen LogP contribution >= 0.6 is 0 Å². The van der Waals surface area contributed by atoms with E-state index in [1.165, 1.54) is 6.20 Å². The minimum atomic E-state index is -0.112. The molecule has 17 heavy (non-hydrogen) atoms. The van der Waals surface area contributed by atoms with Crippen LogP contribution in [-0.2, 0) is 0 Å². The first-order valence-electron chi connectivity index (χ1n) is 5.06. The molecule has 0 saturated carbocycles. The molecule has 0 aliphatic heterocycles. The maximum Gasteiger partial charge on any atom is 0.216 e. The fourth-order valence-corrected chi connectivity index (χ4v) is 1.35. The number of nitriles is 1. The molecule has 0 radical (unpaired) electrons. The molecule has 1 aromatic carbocycles. The van der Waals surface area contributed by atoms with Crippen molar-refractivity contribution in [2.45, 2.75) is 0 Å².